The maximum atomic E-state index is 10.6. The Balaban J connectivity index is 3.13. The number of rotatable bonds is 2. The van der Waals surface area contributed by atoms with Crippen LogP contribution in [0.15, 0.2) is 17.2 Å². The van der Waals surface area contributed by atoms with E-state index in [-0.39, 0.29) is 4.90 Å². The lowest BCUT2D eigenvalue weighted by Gasteiger charge is -2.15. The van der Waals surface area contributed by atoms with Gasteiger partial charge in [-0.1, -0.05) is 0 Å². The summed E-state index contributed by atoms with van der Waals surface area (Å²) in [5, 5.41) is 0. The van der Waals surface area contributed by atoms with E-state index >= 15 is 0 Å². The third kappa shape index (κ3) is 2.26. The third-order valence-corrected chi connectivity index (χ3v) is 2.25. The third-order valence-electron chi connectivity index (χ3n) is 1.64. The van der Waals surface area contributed by atoms with Gasteiger partial charge in [0.05, 0.1) is 0 Å². The van der Waals surface area contributed by atoms with Crippen molar-refractivity contribution in [3.05, 3.63) is 17.8 Å². The van der Waals surface area contributed by atoms with Gasteiger partial charge in [0.2, 0.25) is 0 Å². The lowest BCUT2D eigenvalue weighted by atomic mass is 10.3. The summed E-state index contributed by atoms with van der Waals surface area (Å²) < 4.78 is 21.2. The molecule has 1 aromatic heterocycles. The molecule has 1 atom stereocenters. The van der Waals surface area contributed by atoms with Crippen LogP contribution in [0.2, 0.25) is 0 Å². The molecule has 4 nitrogen and oxygen atoms in total. The minimum Gasteiger partial charge on any atom is -0.768 e. The monoisotopic (exact) mass is 199 g/mol. The molecular formula is C8H11N2O2S-. The van der Waals surface area contributed by atoms with Crippen LogP contribution >= 0.6 is 0 Å². The van der Waals surface area contributed by atoms with Gasteiger partial charge in [-0.05, 0) is 29.6 Å². The first kappa shape index (κ1) is 10.1. The van der Waals surface area contributed by atoms with Crippen molar-refractivity contribution in [1.29, 1.82) is 0 Å². The predicted molar refractivity (Wildman–Crippen MR) is 50.5 cm³/mol. The molecular weight excluding hydrogens is 188 g/mol. The molecule has 0 aromatic carbocycles. The molecule has 1 rings (SSSR count). The molecule has 0 fully saturated rings. The van der Waals surface area contributed by atoms with E-state index in [1.807, 2.05) is 25.9 Å². The first-order valence-corrected chi connectivity index (χ1v) is 4.83. The summed E-state index contributed by atoms with van der Waals surface area (Å²) >= 11 is -2.19. The average molecular weight is 199 g/mol. The van der Waals surface area contributed by atoms with E-state index in [1.165, 1.54) is 6.20 Å². The number of aryl methyl sites for hydroxylation is 1. The van der Waals surface area contributed by atoms with Crippen molar-refractivity contribution < 1.29 is 8.76 Å². The quantitative estimate of drug-likeness (QED) is 0.658. The van der Waals surface area contributed by atoms with E-state index < -0.39 is 11.1 Å². The van der Waals surface area contributed by atoms with E-state index in [1.54, 1.807) is 6.07 Å². The molecule has 72 valence electrons. The van der Waals surface area contributed by atoms with E-state index in [4.69, 9.17) is 0 Å². The van der Waals surface area contributed by atoms with E-state index in [0.29, 0.717) is 0 Å². The van der Waals surface area contributed by atoms with Crippen LogP contribution in [0.3, 0.4) is 0 Å². The van der Waals surface area contributed by atoms with Crippen LogP contribution < -0.4 is 4.90 Å². The van der Waals surface area contributed by atoms with Crippen molar-refractivity contribution in [2.75, 3.05) is 19.0 Å². The van der Waals surface area contributed by atoms with Crippen LogP contribution in [-0.2, 0) is 11.1 Å². The Labute approximate surface area is 79.9 Å². The largest absolute Gasteiger partial charge is 0.768 e. The zero-order chi connectivity index (χ0) is 10.0. The minimum atomic E-state index is -2.19. The number of anilines is 1. The van der Waals surface area contributed by atoms with Crippen LogP contribution in [0.5, 0.6) is 0 Å². The predicted octanol–water partition coefficient (Wildman–Crippen LogP) is 0.694. The number of nitrogens with zero attached hydrogens (tertiary/aromatic N) is 2. The highest BCUT2D eigenvalue weighted by molar-refractivity contribution is 7.79. The highest BCUT2D eigenvalue weighted by Gasteiger charge is 2.03. The van der Waals surface area contributed by atoms with Gasteiger partial charge in [0.15, 0.2) is 0 Å². The summed E-state index contributed by atoms with van der Waals surface area (Å²) in [6, 6.07) is 1.60. The second kappa shape index (κ2) is 3.85. The molecule has 0 aliphatic carbocycles. The van der Waals surface area contributed by atoms with Gasteiger partial charge in [-0.15, -0.1) is 0 Å². The van der Waals surface area contributed by atoms with E-state index in [2.05, 4.69) is 4.98 Å². The molecule has 0 bridgehead atoms. The van der Waals surface area contributed by atoms with Gasteiger partial charge >= 0.3 is 0 Å². The van der Waals surface area contributed by atoms with Crippen LogP contribution in [0.25, 0.3) is 0 Å². The Morgan fingerprint density at radius 3 is 2.54 bits per heavy atom. The molecule has 1 aromatic rings. The van der Waals surface area contributed by atoms with Crippen LogP contribution in [-0.4, -0.2) is 27.8 Å². The molecule has 1 unspecified atom stereocenters. The van der Waals surface area contributed by atoms with Gasteiger partial charge in [0, 0.05) is 25.2 Å². The van der Waals surface area contributed by atoms with Crippen molar-refractivity contribution >= 4 is 16.9 Å². The molecule has 0 amide bonds. The summed E-state index contributed by atoms with van der Waals surface area (Å²) in [6.07, 6.45) is 1.35. The molecule has 0 N–H and O–H groups in total. The van der Waals surface area contributed by atoms with Gasteiger partial charge in [0.25, 0.3) is 0 Å². The Kier molecular flexibility index (Phi) is 3.00. The van der Waals surface area contributed by atoms with Crippen molar-refractivity contribution in [2.45, 2.75) is 11.8 Å². The smallest absolute Gasteiger partial charge is 0.130 e. The topological polar surface area (TPSA) is 56.3 Å². The molecule has 0 aliphatic heterocycles. The number of pyridine rings is 1. The maximum Gasteiger partial charge on any atom is 0.130 e. The summed E-state index contributed by atoms with van der Waals surface area (Å²) in [7, 11) is 3.73. The molecule has 13 heavy (non-hydrogen) atoms. The zero-order valence-corrected chi connectivity index (χ0v) is 8.59. The van der Waals surface area contributed by atoms with Crippen molar-refractivity contribution in [3.8, 4) is 0 Å². The number of aromatic nitrogens is 1. The van der Waals surface area contributed by atoms with Gasteiger partial charge < -0.3 is 9.45 Å². The fourth-order valence-electron chi connectivity index (χ4n) is 1.10. The number of hydrogen-bond donors (Lipinski definition) is 0. The van der Waals surface area contributed by atoms with Crippen molar-refractivity contribution in [2.24, 2.45) is 0 Å². The normalized spacial score (nSPS) is 12.6. The Bertz CT molecular complexity index is 339. The van der Waals surface area contributed by atoms with Crippen molar-refractivity contribution in [3.63, 3.8) is 0 Å². The fraction of sp³-hybridized carbons (Fsp3) is 0.375. The summed E-state index contributed by atoms with van der Waals surface area (Å²) in [6.45, 7) is 1.83. The Morgan fingerprint density at radius 2 is 2.15 bits per heavy atom. The standard InChI is InChI=1S/C8H12N2O2S/c1-6-4-7(13(11)12)5-9-8(6)10(2)3/h4-5H,1-3H3,(H,11,12)/p-1. The highest BCUT2D eigenvalue weighted by atomic mass is 32.2. The highest BCUT2D eigenvalue weighted by Crippen LogP contribution is 2.16. The lowest BCUT2D eigenvalue weighted by molar-refractivity contribution is 0.536. The first-order valence-electron chi connectivity index (χ1n) is 3.75. The van der Waals surface area contributed by atoms with Gasteiger partial charge in [-0.2, -0.15) is 0 Å². The zero-order valence-electron chi connectivity index (χ0n) is 7.77. The van der Waals surface area contributed by atoms with Crippen LogP contribution in [0.1, 0.15) is 5.56 Å². The van der Waals surface area contributed by atoms with Crippen molar-refractivity contribution in [1.82, 2.24) is 4.98 Å². The van der Waals surface area contributed by atoms with E-state index in [0.717, 1.165) is 11.4 Å². The molecule has 0 radical (unpaired) electrons. The Hall–Kier alpha value is -0.940. The SMILES string of the molecule is Cc1cc(S(=O)[O-])cnc1N(C)C. The summed E-state index contributed by atoms with van der Waals surface area (Å²) in [4.78, 5) is 6.10. The average Bonchev–Trinajstić information content (AvgIpc) is 2.03. The Morgan fingerprint density at radius 1 is 1.54 bits per heavy atom. The molecule has 1 heterocycles. The summed E-state index contributed by atoms with van der Waals surface area (Å²) in [5.41, 5.74) is 0.853. The summed E-state index contributed by atoms with van der Waals surface area (Å²) in [5.74, 6) is 0.786. The number of hydrogen-bond acceptors (Lipinski definition) is 4. The van der Waals surface area contributed by atoms with Gasteiger partial charge in [-0.25, -0.2) is 4.98 Å². The molecule has 0 saturated carbocycles. The van der Waals surface area contributed by atoms with Gasteiger partial charge in [0.1, 0.15) is 5.82 Å². The minimum absolute atomic E-state index is 0.225. The van der Waals surface area contributed by atoms with Gasteiger partial charge in [-0.3, -0.25) is 4.21 Å². The molecule has 0 aliphatic rings. The van der Waals surface area contributed by atoms with E-state index in [9.17, 15) is 8.76 Å². The second-order valence-electron chi connectivity index (χ2n) is 2.94. The fourth-order valence-corrected chi connectivity index (χ4v) is 1.51. The lowest BCUT2D eigenvalue weighted by Crippen LogP contribution is -2.12. The molecule has 5 heteroatoms. The molecule has 0 spiro atoms. The second-order valence-corrected chi connectivity index (χ2v) is 3.88. The molecule has 0 saturated heterocycles. The van der Waals surface area contributed by atoms with Crippen LogP contribution in [0, 0.1) is 6.92 Å². The first-order chi connectivity index (χ1) is 6.02. The van der Waals surface area contributed by atoms with Crippen LogP contribution in [0.4, 0.5) is 5.82 Å². The maximum absolute atomic E-state index is 10.6.